The Bertz CT molecular complexity index is 1060. The van der Waals surface area contributed by atoms with Crippen LogP contribution < -0.4 is 4.72 Å². The molecule has 9 nitrogen and oxygen atoms in total. The molecule has 174 valence electrons. The lowest BCUT2D eigenvalue weighted by Crippen LogP contribution is -2.55. The van der Waals surface area contributed by atoms with Crippen molar-refractivity contribution >= 4 is 21.8 Å². The first kappa shape index (κ1) is 23.9. The van der Waals surface area contributed by atoms with E-state index in [1.165, 1.54) is 26.3 Å². The van der Waals surface area contributed by atoms with E-state index in [-0.39, 0.29) is 28.2 Å². The largest absolute Gasteiger partial charge is 0.360 e. The van der Waals surface area contributed by atoms with Crippen molar-refractivity contribution in [2.75, 3.05) is 26.2 Å². The molecule has 1 N–H and O–H groups in total. The predicted octanol–water partition coefficient (Wildman–Crippen LogP) is 2.07. The molecule has 3 rings (SSSR count). The summed E-state index contributed by atoms with van der Waals surface area (Å²) in [6, 6.07) is 6.63. The molecular formula is C22H30N4O5S. The highest BCUT2D eigenvalue weighted by Gasteiger charge is 2.32. The van der Waals surface area contributed by atoms with E-state index in [9.17, 15) is 18.0 Å². The maximum absolute atomic E-state index is 12.8. The van der Waals surface area contributed by atoms with E-state index < -0.39 is 16.1 Å². The van der Waals surface area contributed by atoms with Gasteiger partial charge >= 0.3 is 0 Å². The molecule has 10 heteroatoms. The number of rotatable bonds is 6. The average Bonchev–Trinajstić information content (AvgIpc) is 3.11. The molecule has 2 amide bonds. The molecule has 2 heterocycles. The molecule has 0 aliphatic carbocycles. The molecule has 1 fully saturated rings. The van der Waals surface area contributed by atoms with Crippen molar-refractivity contribution in [3.8, 4) is 0 Å². The van der Waals surface area contributed by atoms with Crippen LogP contribution in [0, 0.1) is 13.8 Å². The summed E-state index contributed by atoms with van der Waals surface area (Å²) >= 11 is 0. The summed E-state index contributed by atoms with van der Waals surface area (Å²) in [7, 11) is -3.95. The summed E-state index contributed by atoms with van der Waals surface area (Å²) in [5.74, 6) is 0.155. The van der Waals surface area contributed by atoms with E-state index in [2.05, 4.69) is 23.7 Å². The monoisotopic (exact) mass is 462 g/mol. The lowest BCUT2D eigenvalue weighted by atomic mass is 10.0. The van der Waals surface area contributed by atoms with Crippen LogP contribution in [-0.4, -0.2) is 67.4 Å². The fraction of sp³-hybridized carbons (Fsp3) is 0.500. The van der Waals surface area contributed by atoms with Gasteiger partial charge in [0.1, 0.15) is 10.6 Å². The molecule has 0 bridgehead atoms. The maximum atomic E-state index is 12.8. The van der Waals surface area contributed by atoms with Crippen LogP contribution in [0.3, 0.4) is 0 Å². The van der Waals surface area contributed by atoms with E-state index in [1.54, 1.807) is 9.80 Å². The molecule has 1 aliphatic rings. The Morgan fingerprint density at radius 1 is 1.00 bits per heavy atom. The predicted molar refractivity (Wildman–Crippen MR) is 119 cm³/mol. The Balaban J connectivity index is 1.58. The first-order valence-corrected chi connectivity index (χ1v) is 12.1. The maximum Gasteiger partial charge on any atom is 0.253 e. The Kier molecular flexibility index (Phi) is 7.04. The zero-order valence-electron chi connectivity index (χ0n) is 19.1. The first-order valence-electron chi connectivity index (χ1n) is 10.6. The third-order valence-corrected chi connectivity index (χ3v) is 7.43. The van der Waals surface area contributed by atoms with E-state index in [0.29, 0.717) is 37.7 Å². The number of aryl methyl sites for hydroxylation is 2. The summed E-state index contributed by atoms with van der Waals surface area (Å²) in [4.78, 5) is 28.9. The molecular weight excluding hydrogens is 432 g/mol. The van der Waals surface area contributed by atoms with Gasteiger partial charge in [0, 0.05) is 31.7 Å². The number of amides is 2. The third-order valence-electron chi connectivity index (χ3n) is 5.64. The van der Waals surface area contributed by atoms with Crippen molar-refractivity contribution in [1.29, 1.82) is 0 Å². The second kappa shape index (κ2) is 9.41. The van der Waals surface area contributed by atoms with Crippen LogP contribution in [0.15, 0.2) is 33.7 Å². The number of benzene rings is 1. The lowest BCUT2D eigenvalue weighted by Gasteiger charge is -2.36. The molecule has 2 aromatic rings. The summed E-state index contributed by atoms with van der Waals surface area (Å²) in [5.41, 5.74) is 2.03. The van der Waals surface area contributed by atoms with Gasteiger partial charge in [-0.25, -0.2) is 8.42 Å². The van der Waals surface area contributed by atoms with Crippen LogP contribution in [0.2, 0.25) is 0 Å². The first-order chi connectivity index (χ1) is 15.0. The topological polar surface area (TPSA) is 113 Å². The van der Waals surface area contributed by atoms with Crippen molar-refractivity contribution in [3.05, 3.63) is 46.8 Å². The standard InChI is InChI=1S/C22H30N4O5S/c1-14(2)18-6-8-19(9-7-18)22(28)26-12-10-25(11-13-26)21(27)16(4)24-32(29,30)20-15(3)23-31-17(20)5/h6-9,14,16,24H,10-13H2,1-5H3/t16-/m0/s1. The highest BCUT2D eigenvalue weighted by molar-refractivity contribution is 7.89. The van der Waals surface area contributed by atoms with Crippen LogP contribution in [0.5, 0.6) is 0 Å². The minimum atomic E-state index is -3.95. The number of piperazine rings is 1. The van der Waals surface area contributed by atoms with Crippen LogP contribution in [-0.2, 0) is 14.8 Å². The zero-order valence-corrected chi connectivity index (χ0v) is 19.9. The fourth-order valence-corrected chi connectivity index (χ4v) is 5.32. The Labute approximate surface area is 188 Å². The van der Waals surface area contributed by atoms with E-state index in [1.807, 2.05) is 24.3 Å². The zero-order chi connectivity index (χ0) is 23.6. The molecule has 1 aromatic carbocycles. The third kappa shape index (κ3) is 5.02. The second-order valence-corrected chi connectivity index (χ2v) is 10.0. The molecule has 1 aliphatic heterocycles. The fourth-order valence-electron chi connectivity index (χ4n) is 3.80. The van der Waals surface area contributed by atoms with E-state index in [4.69, 9.17) is 4.52 Å². The van der Waals surface area contributed by atoms with Gasteiger partial charge in [0.15, 0.2) is 5.76 Å². The number of hydrogen-bond acceptors (Lipinski definition) is 6. The van der Waals surface area contributed by atoms with Crippen molar-refractivity contribution in [1.82, 2.24) is 19.7 Å². The van der Waals surface area contributed by atoms with E-state index >= 15 is 0 Å². The SMILES string of the molecule is Cc1noc(C)c1S(=O)(=O)N[C@@H](C)C(=O)N1CCN(C(=O)c2ccc(C(C)C)cc2)CC1. The quantitative estimate of drug-likeness (QED) is 0.703. The molecule has 0 saturated carbocycles. The molecule has 0 unspecified atom stereocenters. The number of carbonyl (C=O) groups is 2. The van der Waals surface area contributed by atoms with Gasteiger partial charge in [-0.3, -0.25) is 9.59 Å². The summed E-state index contributed by atoms with van der Waals surface area (Å²) in [6.45, 7) is 10.2. The van der Waals surface area contributed by atoms with Crippen LogP contribution >= 0.6 is 0 Å². The number of nitrogens with zero attached hydrogens (tertiary/aromatic N) is 3. The normalized spacial score (nSPS) is 15.8. The molecule has 0 spiro atoms. The lowest BCUT2D eigenvalue weighted by molar-refractivity contribution is -0.134. The van der Waals surface area contributed by atoms with Crippen LogP contribution in [0.4, 0.5) is 0 Å². The number of carbonyl (C=O) groups excluding carboxylic acids is 2. The van der Waals surface area contributed by atoms with Crippen LogP contribution in [0.25, 0.3) is 0 Å². The Hall–Kier alpha value is -2.72. The van der Waals surface area contributed by atoms with Gasteiger partial charge in [-0.2, -0.15) is 4.72 Å². The number of sulfonamides is 1. The van der Waals surface area contributed by atoms with Gasteiger partial charge in [0.05, 0.1) is 6.04 Å². The van der Waals surface area contributed by atoms with Gasteiger partial charge in [-0.15, -0.1) is 0 Å². The van der Waals surface area contributed by atoms with Gasteiger partial charge in [-0.1, -0.05) is 31.1 Å². The minimum Gasteiger partial charge on any atom is -0.360 e. The molecule has 32 heavy (non-hydrogen) atoms. The highest BCUT2D eigenvalue weighted by atomic mass is 32.2. The Morgan fingerprint density at radius 2 is 1.56 bits per heavy atom. The molecule has 0 radical (unpaired) electrons. The van der Waals surface area contributed by atoms with Crippen molar-refractivity contribution in [2.24, 2.45) is 0 Å². The average molecular weight is 463 g/mol. The second-order valence-electron chi connectivity index (χ2n) is 8.39. The number of nitrogens with one attached hydrogen (secondary N) is 1. The number of hydrogen-bond donors (Lipinski definition) is 1. The van der Waals surface area contributed by atoms with Crippen molar-refractivity contribution in [3.63, 3.8) is 0 Å². The van der Waals surface area contributed by atoms with Crippen LogP contribution in [0.1, 0.15) is 54.1 Å². The van der Waals surface area contributed by atoms with Crippen molar-refractivity contribution < 1.29 is 22.5 Å². The summed E-state index contributed by atoms with van der Waals surface area (Å²) in [5, 5.41) is 3.66. The van der Waals surface area contributed by atoms with E-state index in [0.717, 1.165) is 0 Å². The molecule has 1 atom stereocenters. The van der Waals surface area contributed by atoms with Gasteiger partial charge in [0.25, 0.3) is 5.91 Å². The molecule has 1 saturated heterocycles. The minimum absolute atomic E-state index is 0.0453. The highest BCUT2D eigenvalue weighted by Crippen LogP contribution is 2.20. The van der Waals surface area contributed by atoms with Gasteiger partial charge < -0.3 is 14.3 Å². The van der Waals surface area contributed by atoms with Gasteiger partial charge in [0.2, 0.25) is 15.9 Å². The Morgan fingerprint density at radius 3 is 2.06 bits per heavy atom. The smallest absolute Gasteiger partial charge is 0.253 e. The number of aromatic nitrogens is 1. The summed E-state index contributed by atoms with van der Waals surface area (Å²) < 4.78 is 32.7. The van der Waals surface area contributed by atoms with Gasteiger partial charge in [-0.05, 0) is 44.4 Å². The summed E-state index contributed by atoms with van der Waals surface area (Å²) in [6.07, 6.45) is 0. The molecule has 1 aromatic heterocycles. The van der Waals surface area contributed by atoms with Crippen molar-refractivity contribution in [2.45, 2.75) is 51.5 Å².